The van der Waals surface area contributed by atoms with E-state index in [-0.39, 0.29) is 0 Å². The lowest BCUT2D eigenvalue weighted by molar-refractivity contribution is 0.141. The molecule has 2 heteroatoms. The van der Waals surface area contributed by atoms with Crippen molar-refractivity contribution in [3.8, 4) is 0 Å². The van der Waals surface area contributed by atoms with Crippen molar-refractivity contribution in [1.82, 2.24) is 10.2 Å². The van der Waals surface area contributed by atoms with Crippen LogP contribution in [-0.4, -0.2) is 31.1 Å². The number of hydrogen-bond acceptors (Lipinski definition) is 2. The highest BCUT2D eigenvalue weighted by Crippen LogP contribution is 2.23. The van der Waals surface area contributed by atoms with E-state index >= 15 is 0 Å². The average Bonchev–Trinajstić information content (AvgIpc) is 2.22. The number of piperazine rings is 1. The SMILES string of the molecule is Cc1cccc(C2CNCC(C)N2C)c1. The summed E-state index contributed by atoms with van der Waals surface area (Å²) in [5, 5.41) is 3.49. The number of nitrogens with one attached hydrogen (secondary N) is 1. The Bertz CT molecular complexity index is 335. The number of likely N-dealkylation sites (N-methyl/N-ethyl adjacent to an activating group) is 1. The van der Waals surface area contributed by atoms with Gasteiger partial charge in [0.2, 0.25) is 0 Å². The summed E-state index contributed by atoms with van der Waals surface area (Å²) in [6, 6.07) is 9.97. The molecule has 1 fully saturated rings. The van der Waals surface area contributed by atoms with Gasteiger partial charge in [0.1, 0.15) is 0 Å². The van der Waals surface area contributed by atoms with Crippen molar-refractivity contribution in [3.63, 3.8) is 0 Å². The Balaban J connectivity index is 2.22. The molecule has 0 saturated carbocycles. The van der Waals surface area contributed by atoms with Crippen molar-refractivity contribution in [2.45, 2.75) is 25.9 Å². The summed E-state index contributed by atoms with van der Waals surface area (Å²) in [4.78, 5) is 2.46. The minimum Gasteiger partial charge on any atom is -0.313 e. The summed E-state index contributed by atoms with van der Waals surface area (Å²) in [7, 11) is 2.22. The molecular formula is C13H20N2. The fourth-order valence-corrected chi connectivity index (χ4v) is 2.25. The maximum atomic E-state index is 3.49. The molecule has 0 radical (unpaired) electrons. The van der Waals surface area contributed by atoms with Gasteiger partial charge in [-0.25, -0.2) is 0 Å². The molecule has 2 atom stereocenters. The normalized spacial score (nSPS) is 27.9. The number of hydrogen-bond donors (Lipinski definition) is 1. The van der Waals surface area contributed by atoms with Crippen molar-refractivity contribution in [2.24, 2.45) is 0 Å². The lowest BCUT2D eigenvalue weighted by atomic mass is 10.00. The molecule has 2 rings (SSSR count). The quantitative estimate of drug-likeness (QED) is 0.752. The maximum absolute atomic E-state index is 3.49. The van der Waals surface area contributed by atoms with E-state index in [9.17, 15) is 0 Å². The van der Waals surface area contributed by atoms with Gasteiger partial charge in [-0.2, -0.15) is 0 Å². The second kappa shape index (κ2) is 4.33. The Morgan fingerprint density at radius 3 is 2.87 bits per heavy atom. The molecule has 2 nitrogen and oxygen atoms in total. The molecule has 0 amide bonds. The Hall–Kier alpha value is -0.860. The molecule has 2 unspecified atom stereocenters. The first-order chi connectivity index (χ1) is 7.18. The van der Waals surface area contributed by atoms with E-state index in [2.05, 4.69) is 55.4 Å². The largest absolute Gasteiger partial charge is 0.313 e. The zero-order valence-corrected chi connectivity index (χ0v) is 9.83. The van der Waals surface area contributed by atoms with Crippen LogP contribution in [-0.2, 0) is 0 Å². The van der Waals surface area contributed by atoms with E-state index in [1.165, 1.54) is 11.1 Å². The number of nitrogens with zero attached hydrogens (tertiary/aromatic N) is 1. The molecule has 0 aliphatic carbocycles. The van der Waals surface area contributed by atoms with Crippen molar-refractivity contribution >= 4 is 0 Å². The average molecular weight is 204 g/mol. The number of benzene rings is 1. The van der Waals surface area contributed by atoms with Gasteiger partial charge in [0.15, 0.2) is 0 Å². The summed E-state index contributed by atoms with van der Waals surface area (Å²) in [5.41, 5.74) is 2.77. The second-order valence-corrected chi connectivity index (χ2v) is 4.60. The van der Waals surface area contributed by atoms with Crippen LogP contribution in [0.1, 0.15) is 24.1 Å². The van der Waals surface area contributed by atoms with Crippen LogP contribution in [0.2, 0.25) is 0 Å². The van der Waals surface area contributed by atoms with Gasteiger partial charge in [-0.15, -0.1) is 0 Å². The minimum atomic E-state index is 0.522. The highest BCUT2D eigenvalue weighted by atomic mass is 15.2. The van der Waals surface area contributed by atoms with Crippen LogP contribution < -0.4 is 5.32 Å². The third-order valence-corrected chi connectivity index (χ3v) is 3.39. The highest BCUT2D eigenvalue weighted by molar-refractivity contribution is 5.26. The Labute approximate surface area is 92.3 Å². The molecular weight excluding hydrogens is 184 g/mol. The third kappa shape index (κ3) is 2.21. The summed E-state index contributed by atoms with van der Waals surface area (Å²) < 4.78 is 0. The van der Waals surface area contributed by atoms with E-state index in [4.69, 9.17) is 0 Å². The van der Waals surface area contributed by atoms with Crippen LogP contribution in [0.4, 0.5) is 0 Å². The second-order valence-electron chi connectivity index (χ2n) is 4.60. The van der Waals surface area contributed by atoms with Crippen LogP contribution in [0, 0.1) is 6.92 Å². The van der Waals surface area contributed by atoms with Crippen molar-refractivity contribution in [3.05, 3.63) is 35.4 Å². The summed E-state index contributed by atoms with van der Waals surface area (Å²) in [5.74, 6) is 0. The minimum absolute atomic E-state index is 0.522. The van der Waals surface area contributed by atoms with Crippen molar-refractivity contribution in [2.75, 3.05) is 20.1 Å². The van der Waals surface area contributed by atoms with Crippen LogP contribution >= 0.6 is 0 Å². The molecule has 1 aromatic rings. The fraction of sp³-hybridized carbons (Fsp3) is 0.538. The molecule has 15 heavy (non-hydrogen) atoms. The zero-order chi connectivity index (χ0) is 10.8. The topological polar surface area (TPSA) is 15.3 Å². The molecule has 0 spiro atoms. The number of rotatable bonds is 1. The summed E-state index contributed by atoms with van der Waals surface area (Å²) >= 11 is 0. The molecule has 1 heterocycles. The van der Waals surface area contributed by atoms with E-state index < -0.39 is 0 Å². The summed E-state index contributed by atoms with van der Waals surface area (Å²) in [6.07, 6.45) is 0. The number of aryl methyl sites for hydroxylation is 1. The van der Waals surface area contributed by atoms with Gasteiger partial charge < -0.3 is 5.32 Å². The first-order valence-corrected chi connectivity index (χ1v) is 5.67. The molecule has 1 saturated heterocycles. The van der Waals surface area contributed by atoms with Gasteiger partial charge >= 0.3 is 0 Å². The highest BCUT2D eigenvalue weighted by Gasteiger charge is 2.25. The van der Waals surface area contributed by atoms with Gasteiger partial charge in [0, 0.05) is 25.2 Å². The van der Waals surface area contributed by atoms with Gasteiger partial charge in [-0.3, -0.25) is 4.90 Å². The first kappa shape index (κ1) is 10.7. The van der Waals surface area contributed by atoms with Crippen LogP contribution in [0.3, 0.4) is 0 Å². The lowest BCUT2D eigenvalue weighted by Crippen LogP contribution is -2.49. The Kier molecular flexibility index (Phi) is 3.08. The van der Waals surface area contributed by atoms with Gasteiger partial charge in [-0.05, 0) is 26.5 Å². The third-order valence-electron chi connectivity index (χ3n) is 3.39. The zero-order valence-electron chi connectivity index (χ0n) is 9.83. The fourth-order valence-electron chi connectivity index (χ4n) is 2.25. The Morgan fingerprint density at radius 1 is 1.33 bits per heavy atom. The van der Waals surface area contributed by atoms with Crippen LogP contribution in [0.25, 0.3) is 0 Å². The monoisotopic (exact) mass is 204 g/mol. The molecule has 0 bridgehead atoms. The van der Waals surface area contributed by atoms with Crippen molar-refractivity contribution in [1.29, 1.82) is 0 Å². The molecule has 82 valence electrons. The van der Waals surface area contributed by atoms with Gasteiger partial charge in [0.05, 0.1) is 0 Å². The predicted octanol–water partition coefficient (Wildman–Crippen LogP) is 1.96. The molecule has 1 aromatic carbocycles. The van der Waals surface area contributed by atoms with Gasteiger partial charge in [0.25, 0.3) is 0 Å². The van der Waals surface area contributed by atoms with E-state index in [1.54, 1.807) is 0 Å². The standard InChI is InChI=1S/C13H20N2/c1-10-5-4-6-12(7-10)13-9-14-8-11(2)15(13)3/h4-7,11,13-14H,8-9H2,1-3H3. The molecule has 1 aliphatic heterocycles. The van der Waals surface area contributed by atoms with E-state index in [0.717, 1.165) is 13.1 Å². The first-order valence-electron chi connectivity index (χ1n) is 5.67. The smallest absolute Gasteiger partial charge is 0.0473 e. The predicted molar refractivity (Wildman–Crippen MR) is 64.0 cm³/mol. The molecule has 1 aliphatic rings. The maximum Gasteiger partial charge on any atom is 0.0473 e. The molecule has 0 aromatic heterocycles. The van der Waals surface area contributed by atoms with Crippen LogP contribution in [0.15, 0.2) is 24.3 Å². The van der Waals surface area contributed by atoms with Crippen molar-refractivity contribution < 1.29 is 0 Å². The van der Waals surface area contributed by atoms with E-state index in [1.807, 2.05) is 0 Å². The molecule has 1 N–H and O–H groups in total. The Morgan fingerprint density at radius 2 is 2.13 bits per heavy atom. The lowest BCUT2D eigenvalue weighted by Gasteiger charge is -2.38. The van der Waals surface area contributed by atoms with Gasteiger partial charge in [-0.1, -0.05) is 29.8 Å². The summed E-state index contributed by atoms with van der Waals surface area (Å²) in [6.45, 7) is 6.58. The van der Waals surface area contributed by atoms with Crippen LogP contribution in [0.5, 0.6) is 0 Å². The van der Waals surface area contributed by atoms with E-state index in [0.29, 0.717) is 12.1 Å².